The average Bonchev–Trinajstić information content (AvgIpc) is 2.96. The third-order valence-electron chi connectivity index (χ3n) is 2.94. The summed E-state index contributed by atoms with van der Waals surface area (Å²) in [7, 11) is 0. The molecule has 92 valence electrons. The van der Waals surface area contributed by atoms with Crippen LogP contribution >= 0.6 is 0 Å². The summed E-state index contributed by atoms with van der Waals surface area (Å²) in [5, 5.41) is 4.30. The van der Waals surface area contributed by atoms with Gasteiger partial charge in [0.25, 0.3) is 0 Å². The van der Waals surface area contributed by atoms with Gasteiger partial charge in [0.2, 0.25) is 0 Å². The van der Waals surface area contributed by atoms with E-state index >= 15 is 0 Å². The van der Waals surface area contributed by atoms with Crippen LogP contribution in [-0.2, 0) is 13.0 Å². The molecule has 4 heteroatoms. The molecule has 0 aliphatic carbocycles. The van der Waals surface area contributed by atoms with E-state index in [1.807, 2.05) is 16.8 Å². The van der Waals surface area contributed by atoms with Crippen molar-refractivity contribution in [2.75, 3.05) is 0 Å². The van der Waals surface area contributed by atoms with E-state index in [1.165, 1.54) is 0 Å². The molecule has 0 radical (unpaired) electrons. The summed E-state index contributed by atoms with van der Waals surface area (Å²) in [5.41, 5.74) is 8.40. The first-order valence-corrected chi connectivity index (χ1v) is 6.11. The van der Waals surface area contributed by atoms with Crippen molar-refractivity contribution in [1.29, 1.82) is 0 Å². The van der Waals surface area contributed by atoms with E-state index in [9.17, 15) is 0 Å². The Morgan fingerprint density at radius 1 is 1.41 bits per heavy atom. The molecule has 0 saturated carbocycles. The van der Waals surface area contributed by atoms with Crippen molar-refractivity contribution in [3.05, 3.63) is 41.6 Å². The number of aromatic nitrogens is 2. The molecule has 0 bridgehead atoms. The maximum atomic E-state index is 6.29. The summed E-state index contributed by atoms with van der Waals surface area (Å²) in [6.45, 7) is 5.10. The number of hydrogen-bond donors (Lipinski definition) is 1. The second kappa shape index (κ2) is 5.19. The van der Waals surface area contributed by atoms with Crippen LogP contribution < -0.4 is 5.73 Å². The lowest BCUT2D eigenvalue weighted by atomic mass is 10.0. The minimum absolute atomic E-state index is 0.155. The third-order valence-corrected chi connectivity index (χ3v) is 2.94. The van der Waals surface area contributed by atoms with Crippen molar-refractivity contribution in [2.45, 2.75) is 39.3 Å². The maximum absolute atomic E-state index is 6.29. The third kappa shape index (κ3) is 2.26. The van der Waals surface area contributed by atoms with Crippen molar-refractivity contribution < 1.29 is 4.42 Å². The van der Waals surface area contributed by atoms with E-state index in [1.54, 1.807) is 12.5 Å². The van der Waals surface area contributed by atoms with Gasteiger partial charge in [-0.2, -0.15) is 5.10 Å². The van der Waals surface area contributed by atoms with Crippen LogP contribution in [-0.4, -0.2) is 9.78 Å². The molecule has 0 amide bonds. The van der Waals surface area contributed by atoms with Gasteiger partial charge in [0.05, 0.1) is 18.0 Å². The number of nitrogens with two attached hydrogens (primary N) is 1. The van der Waals surface area contributed by atoms with Crippen LogP contribution in [0.25, 0.3) is 0 Å². The highest BCUT2D eigenvalue weighted by Gasteiger charge is 2.18. The van der Waals surface area contributed by atoms with Gasteiger partial charge in [-0.1, -0.05) is 13.8 Å². The SMILES string of the molecule is CCCn1nccc1C(N)c1ccoc1CC. The first-order chi connectivity index (χ1) is 8.27. The minimum Gasteiger partial charge on any atom is -0.469 e. The molecule has 0 aliphatic heterocycles. The van der Waals surface area contributed by atoms with E-state index < -0.39 is 0 Å². The summed E-state index contributed by atoms with van der Waals surface area (Å²) >= 11 is 0. The molecule has 1 unspecified atom stereocenters. The lowest BCUT2D eigenvalue weighted by Gasteiger charge is -2.13. The molecule has 4 nitrogen and oxygen atoms in total. The van der Waals surface area contributed by atoms with Crippen LogP contribution in [0.5, 0.6) is 0 Å². The van der Waals surface area contributed by atoms with Crippen LogP contribution in [0.2, 0.25) is 0 Å². The molecule has 2 rings (SSSR count). The molecular formula is C13H19N3O. The largest absolute Gasteiger partial charge is 0.469 e. The Morgan fingerprint density at radius 2 is 2.24 bits per heavy atom. The van der Waals surface area contributed by atoms with E-state index in [0.717, 1.165) is 36.4 Å². The number of nitrogens with zero attached hydrogens (tertiary/aromatic N) is 2. The maximum Gasteiger partial charge on any atom is 0.108 e. The number of aryl methyl sites for hydroxylation is 2. The van der Waals surface area contributed by atoms with Crippen molar-refractivity contribution in [1.82, 2.24) is 9.78 Å². The Labute approximate surface area is 101 Å². The monoisotopic (exact) mass is 233 g/mol. The molecule has 2 aromatic rings. The van der Waals surface area contributed by atoms with Gasteiger partial charge < -0.3 is 10.2 Å². The second-order valence-corrected chi connectivity index (χ2v) is 4.11. The Kier molecular flexibility index (Phi) is 3.64. The predicted molar refractivity (Wildman–Crippen MR) is 66.6 cm³/mol. The zero-order valence-electron chi connectivity index (χ0n) is 10.4. The van der Waals surface area contributed by atoms with E-state index in [-0.39, 0.29) is 6.04 Å². The lowest BCUT2D eigenvalue weighted by molar-refractivity contribution is 0.504. The van der Waals surface area contributed by atoms with E-state index in [4.69, 9.17) is 10.2 Å². The van der Waals surface area contributed by atoms with Crippen LogP contribution in [0.4, 0.5) is 0 Å². The van der Waals surface area contributed by atoms with E-state index in [0.29, 0.717) is 0 Å². The van der Waals surface area contributed by atoms with Crippen LogP contribution in [0.3, 0.4) is 0 Å². The zero-order valence-corrected chi connectivity index (χ0v) is 10.4. The second-order valence-electron chi connectivity index (χ2n) is 4.11. The Morgan fingerprint density at radius 3 is 2.94 bits per heavy atom. The smallest absolute Gasteiger partial charge is 0.108 e. The number of furan rings is 1. The van der Waals surface area contributed by atoms with Gasteiger partial charge in [-0.15, -0.1) is 0 Å². The fraction of sp³-hybridized carbons (Fsp3) is 0.462. The van der Waals surface area contributed by atoms with Gasteiger partial charge in [-0.05, 0) is 18.6 Å². The summed E-state index contributed by atoms with van der Waals surface area (Å²) in [6.07, 6.45) is 5.41. The fourth-order valence-corrected chi connectivity index (χ4v) is 2.08. The van der Waals surface area contributed by atoms with Crippen LogP contribution in [0.15, 0.2) is 29.0 Å². The lowest BCUT2D eigenvalue weighted by Crippen LogP contribution is -2.18. The number of hydrogen-bond acceptors (Lipinski definition) is 3. The van der Waals surface area contributed by atoms with Crippen molar-refractivity contribution >= 4 is 0 Å². The highest BCUT2D eigenvalue weighted by atomic mass is 16.3. The van der Waals surface area contributed by atoms with Gasteiger partial charge in [0, 0.05) is 24.7 Å². The van der Waals surface area contributed by atoms with Gasteiger partial charge >= 0.3 is 0 Å². The molecule has 0 fully saturated rings. The fourth-order valence-electron chi connectivity index (χ4n) is 2.08. The number of rotatable bonds is 5. The molecule has 2 aromatic heterocycles. The first kappa shape index (κ1) is 11.9. The topological polar surface area (TPSA) is 57.0 Å². The first-order valence-electron chi connectivity index (χ1n) is 6.11. The molecule has 2 N–H and O–H groups in total. The standard InChI is InChI=1S/C13H19N3O/c1-3-8-16-11(5-7-15-16)13(14)10-6-9-17-12(10)4-2/h5-7,9,13H,3-4,8,14H2,1-2H3. The predicted octanol–water partition coefficient (Wildman–Crippen LogP) is 2.50. The molecule has 0 saturated heterocycles. The van der Waals surface area contributed by atoms with Crippen molar-refractivity contribution in [3.63, 3.8) is 0 Å². The highest BCUT2D eigenvalue weighted by molar-refractivity contribution is 5.29. The summed E-state index contributed by atoms with van der Waals surface area (Å²) in [5.74, 6) is 0.960. The molecular weight excluding hydrogens is 214 g/mol. The zero-order chi connectivity index (χ0) is 12.3. The molecule has 1 atom stereocenters. The van der Waals surface area contributed by atoms with Crippen molar-refractivity contribution in [3.8, 4) is 0 Å². The summed E-state index contributed by atoms with van der Waals surface area (Å²) < 4.78 is 7.39. The minimum atomic E-state index is -0.155. The molecule has 2 heterocycles. The Balaban J connectivity index is 2.30. The summed E-state index contributed by atoms with van der Waals surface area (Å²) in [4.78, 5) is 0. The van der Waals surface area contributed by atoms with Crippen molar-refractivity contribution in [2.24, 2.45) is 5.73 Å². The highest BCUT2D eigenvalue weighted by Crippen LogP contribution is 2.24. The Bertz CT molecular complexity index is 472. The van der Waals surface area contributed by atoms with Crippen LogP contribution in [0, 0.1) is 0 Å². The normalized spacial score (nSPS) is 12.9. The molecule has 17 heavy (non-hydrogen) atoms. The molecule has 0 aromatic carbocycles. The molecule has 0 aliphatic rings. The van der Waals surface area contributed by atoms with Gasteiger partial charge in [-0.25, -0.2) is 0 Å². The quantitative estimate of drug-likeness (QED) is 0.863. The van der Waals surface area contributed by atoms with Gasteiger partial charge in [-0.3, -0.25) is 4.68 Å². The average molecular weight is 233 g/mol. The van der Waals surface area contributed by atoms with E-state index in [2.05, 4.69) is 18.9 Å². The van der Waals surface area contributed by atoms with Gasteiger partial charge in [0.15, 0.2) is 0 Å². The van der Waals surface area contributed by atoms with Gasteiger partial charge in [0.1, 0.15) is 5.76 Å². The van der Waals surface area contributed by atoms with Crippen LogP contribution in [0.1, 0.15) is 43.3 Å². The summed E-state index contributed by atoms with van der Waals surface area (Å²) in [6, 6.07) is 3.78. The molecule has 0 spiro atoms. The Hall–Kier alpha value is -1.55.